The molecular formula is C23H39N3O3. The fourth-order valence-corrected chi connectivity index (χ4v) is 5.95. The molecule has 2 amide bonds. The topological polar surface area (TPSA) is 53.1 Å². The van der Waals surface area contributed by atoms with Crippen molar-refractivity contribution in [1.82, 2.24) is 14.7 Å². The first-order chi connectivity index (χ1) is 14.1. The molecule has 6 heteroatoms. The highest BCUT2D eigenvalue weighted by atomic mass is 16.5. The van der Waals surface area contributed by atoms with E-state index in [0.29, 0.717) is 36.5 Å². The number of ether oxygens (including phenoxy) is 1. The van der Waals surface area contributed by atoms with Gasteiger partial charge in [0.25, 0.3) is 0 Å². The van der Waals surface area contributed by atoms with Gasteiger partial charge in [0, 0.05) is 44.1 Å². The molecule has 3 aliphatic heterocycles. The second-order valence-corrected chi connectivity index (χ2v) is 9.63. The van der Waals surface area contributed by atoms with Gasteiger partial charge in [0.1, 0.15) is 0 Å². The first-order valence-corrected chi connectivity index (χ1v) is 12.0. The summed E-state index contributed by atoms with van der Waals surface area (Å²) >= 11 is 0. The van der Waals surface area contributed by atoms with Crippen molar-refractivity contribution in [1.29, 1.82) is 0 Å². The van der Waals surface area contributed by atoms with Gasteiger partial charge in [0.05, 0.1) is 13.2 Å². The van der Waals surface area contributed by atoms with E-state index < -0.39 is 0 Å². The Hall–Kier alpha value is -1.14. The molecular weight excluding hydrogens is 366 g/mol. The van der Waals surface area contributed by atoms with E-state index in [-0.39, 0.29) is 11.8 Å². The molecule has 0 unspecified atom stereocenters. The predicted octanol–water partition coefficient (Wildman–Crippen LogP) is 2.37. The van der Waals surface area contributed by atoms with Crippen LogP contribution in [0.1, 0.15) is 58.8 Å². The van der Waals surface area contributed by atoms with Gasteiger partial charge in [-0.25, -0.2) is 0 Å². The van der Waals surface area contributed by atoms with Gasteiger partial charge in [-0.2, -0.15) is 0 Å². The Balaban J connectivity index is 1.20. The number of carbonyl (C=O) groups excluding carboxylic acids is 2. The van der Waals surface area contributed by atoms with Crippen molar-refractivity contribution in [2.75, 3.05) is 52.5 Å². The van der Waals surface area contributed by atoms with Gasteiger partial charge in [0.15, 0.2) is 0 Å². The molecule has 0 bridgehead atoms. The van der Waals surface area contributed by atoms with E-state index in [0.717, 1.165) is 84.2 Å². The number of amides is 2. The molecule has 0 N–H and O–H groups in total. The molecule has 0 radical (unpaired) electrons. The summed E-state index contributed by atoms with van der Waals surface area (Å²) in [4.78, 5) is 32.4. The minimum Gasteiger partial charge on any atom is -0.378 e. The molecule has 3 saturated heterocycles. The zero-order valence-corrected chi connectivity index (χ0v) is 18.4. The summed E-state index contributed by atoms with van der Waals surface area (Å²) in [5.74, 6) is 1.24. The van der Waals surface area contributed by atoms with Gasteiger partial charge in [0.2, 0.25) is 11.8 Å². The highest BCUT2D eigenvalue weighted by Crippen LogP contribution is 2.58. The van der Waals surface area contributed by atoms with Crippen molar-refractivity contribution >= 4 is 11.8 Å². The van der Waals surface area contributed by atoms with Crippen LogP contribution in [0.25, 0.3) is 0 Å². The summed E-state index contributed by atoms with van der Waals surface area (Å²) < 4.78 is 5.37. The fourth-order valence-electron chi connectivity index (χ4n) is 5.95. The molecule has 4 aliphatic rings. The largest absolute Gasteiger partial charge is 0.378 e. The van der Waals surface area contributed by atoms with Crippen molar-refractivity contribution in [2.24, 2.45) is 17.3 Å². The molecule has 0 aromatic heterocycles. The van der Waals surface area contributed by atoms with Crippen LogP contribution in [-0.2, 0) is 14.3 Å². The van der Waals surface area contributed by atoms with Gasteiger partial charge in [-0.3, -0.25) is 9.59 Å². The Morgan fingerprint density at radius 2 is 1.41 bits per heavy atom. The Kier molecular flexibility index (Phi) is 6.50. The number of rotatable bonds is 5. The van der Waals surface area contributed by atoms with Gasteiger partial charge < -0.3 is 19.4 Å². The second-order valence-electron chi connectivity index (χ2n) is 9.63. The zero-order valence-electron chi connectivity index (χ0n) is 18.4. The van der Waals surface area contributed by atoms with E-state index in [1.165, 1.54) is 0 Å². The van der Waals surface area contributed by atoms with E-state index in [1.54, 1.807) is 0 Å². The number of morpholine rings is 1. The number of hydrogen-bond acceptors (Lipinski definition) is 4. The molecule has 1 aliphatic carbocycles. The normalized spacial score (nSPS) is 29.1. The lowest BCUT2D eigenvalue weighted by Gasteiger charge is -2.42. The lowest BCUT2D eigenvalue weighted by molar-refractivity contribution is -0.142. The summed E-state index contributed by atoms with van der Waals surface area (Å²) in [7, 11) is 0. The first kappa shape index (κ1) is 21.1. The molecule has 0 aromatic carbocycles. The van der Waals surface area contributed by atoms with Crippen LogP contribution in [0.3, 0.4) is 0 Å². The Morgan fingerprint density at radius 3 is 1.97 bits per heavy atom. The van der Waals surface area contributed by atoms with Crippen LogP contribution >= 0.6 is 0 Å². The van der Waals surface area contributed by atoms with Crippen LogP contribution < -0.4 is 0 Å². The van der Waals surface area contributed by atoms with Crippen molar-refractivity contribution < 1.29 is 14.3 Å². The molecule has 6 nitrogen and oxygen atoms in total. The Morgan fingerprint density at radius 1 is 0.828 bits per heavy atom. The number of piperidine rings is 2. The molecule has 1 atom stereocenters. The van der Waals surface area contributed by atoms with Crippen LogP contribution in [0.15, 0.2) is 0 Å². The Labute approximate surface area is 175 Å². The predicted molar refractivity (Wildman–Crippen MR) is 112 cm³/mol. The van der Waals surface area contributed by atoms with Crippen LogP contribution in [0.2, 0.25) is 0 Å². The van der Waals surface area contributed by atoms with E-state index in [4.69, 9.17) is 4.74 Å². The molecule has 4 fully saturated rings. The lowest BCUT2D eigenvalue weighted by Crippen LogP contribution is -2.51. The fraction of sp³-hybridized carbons (Fsp3) is 0.913. The van der Waals surface area contributed by atoms with Gasteiger partial charge in [-0.05, 0) is 63.5 Å². The molecule has 1 saturated carbocycles. The molecule has 4 rings (SSSR count). The first-order valence-electron chi connectivity index (χ1n) is 12.0. The maximum Gasteiger partial charge on any atom is 0.226 e. The van der Waals surface area contributed by atoms with Crippen molar-refractivity contribution in [2.45, 2.75) is 64.8 Å². The summed E-state index contributed by atoms with van der Waals surface area (Å²) in [6.07, 6.45) is 7.50. The number of carbonyl (C=O) groups is 2. The lowest BCUT2D eigenvalue weighted by atomic mass is 9.92. The number of likely N-dealkylation sites (tertiary alicyclic amines) is 2. The monoisotopic (exact) mass is 405 g/mol. The van der Waals surface area contributed by atoms with E-state index in [2.05, 4.69) is 23.6 Å². The number of hydrogen-bond donors (Lipinski definition) is 0. The molecule has 0 spiro atoms. The SMILES string of the molecule is CCC1(CC)C[C@H]1C(=O)N1CCC(N2CCC(C(=O)N3CCOCC3)CC2)CC1. The Bertz CT molecular complexity index is 584. The summed E-state index contributed by atoms with van der Waals surface area (Å²) in [5, 5.41) is 0. The molecule has 3 heterocycles. The highest BCUT2D eigenvalue weighted by molar-refractivity contribution is 5.82. The summed E-state index contributed by atoms with van der Waals surface area (Å²) in [6, 6.07) is 0.583. The number of nitrogens with zero attached hydrogens (tertiary/aromatic N) is 3. The smallest absolute Gasteiger partial charge is 0.226 e. The minimum absolute atomic E-state index is 0.192. The van der Waals surface area contributed by atoms with Gasteiger partial charge in [-0.1, -0.05) is 13.8 Å². The average molecular weight is 406 g/mol. The maximum atomic E-state index is 12.9. The standard InChI is InChI=1S/C23H39N3O3/c1-3-23(4-2)17-20(23)22(28)25-11-7-19(8-12-25)24-9-5-18(6-10-24)21(27)26-13-15-29-16-14-26/h18-20H,3-17H2,1-2H3/t20-/m0/s1. The third-order valence-corrected chi connectivity index (χ3v) is 8.39. The van der Waals surface area contributed by atoms with Crippen LogP contribution in [-0.4, -0.2) is 85.0 Å². The van der Waals surface area contributed by atoms with E-state index >= 15 is 0 Å². The van der Waals surface area contributed by atoms with E-state index in [1.807, 2.05) is 4.90 Å². The molecule has 0 aromatic rings. The van der Waals surface area contributed by atoms with Gasteiger partial charge in [-0.15, -0.1) is 0 Å². The quantitative estimate of drug-likeness (QED) is 0.705. The zero-order chi connectivity index (χ0) is 20.4. The second kappa shape index (κ2) is 8.93. The minimum atomic E-state index is 0.192. The average Bonchev–Trinajstić information content (AvgIpc) is 3.54. The summed E-state index contributed by atoms with van der Waals surface area (Å²) in [5.41, 5.74) is 0.308. The third-order valence-electron chi connectivity index (χ3n) is 8.39. The highest BCUT2D eigenvalue weighted by Gasteiger charge is 2.56. The van der Waals surface area contributed by atoms with Crippen LogP contribution in [0.4, 0.5) is 0 Å². The third kappa shape index (κ3) is 4.34. The van der Waals surface area contributed by atoms with Crippen LogP contribution in [0.5, 0.6) is 0 Å². The summed E-state index contributed by atoms with van der Waals surface area (Å²) in [6.45, 7) is 11.2. The van der Waals surface area contributed by atoms with Crippen LogP contribution in [0, 0.1) is 17.3 Å². The van der Waals surface area contributed by atoms with Crippen molar-refractivity contribution in [3.05, 3.63) is 0 Å². The van der Waals surface area contributed by atoms with Crippen molar-refractivity contribution in [3.63, 3.8) is 0 Å². The molecule has 164 valence electrons. The van der Waals surface area contributed by atoms with E-state index in [9.17, 15) is 9.59 Å². The molecule has 29 heavy (non-hydrogen) atoms. The maximum absolute atomic E-state index is 12.9. The van der Waals surface area contributed by atoms with Crippen molar-refractivity contribution in [3.8, 4) is 0 Å². The van der Waals surface area contributed by atoms with Gasteiger partial charge >= 0.3 is 0 Å².